The first-order chi connectivity index (χ1) is 15.7. The molecule has 0 saturated carbocycles. The van der Waals surface area contributed by atoms with E-state index in [-0.39, 0.29) is 6.47 Å². The van der Waals surface area contributed by atoms with Gasteiger partial charge in [0.15, 0.2) is 0 Å². The average molecular weight is 443 g/mol. The molecular formula is C25H34N2O5. The molecule has 0 aliphatic carbocycles. The zero-order chi connectivity index (χ0) is 22.6. The van der Waals surface area contributed by atoms with Gasteiger partial charge in [-0.2, -0.15) is 5.06 Å². The molecule has 0 spiro atoms. The Bertz CT molecular complexity index is 790. The van der Waals surface area contributed by atoms with Gasteiger partial charge in [-0.15, -0.1) is 0 Å². The first kappa shape index (κ1) is 24.2. The van der Waals surface area contributed by atoms with Crippen LogP contribution in [0.15, 0.2) is 54.6 Å². The third-order valence-corrected chi connectivity index (χ3v) is 5.85. The van der Waals surface area contributed by atoms with E-state index in [2.05, 4.69) is 41.3 Å². The zero-order valence-corrected chi connectivity index (χ0v) is 18.5. The van der Waals surface area contributed by atoms with Gasteiger partial charge in [0.25, 0.3) is 6.47 Å². The van der Waals surface area contributed by atoms with E-state index in [1.165, 1.54) is 11.1 Å². The first-order valence-electron chi connectivity index (χ1n) is 11.3. The maximum atomic E-state index is 10.4. The Morgan fingerprint density at radius 1 is 1.09 bits per heavy atom. The lowest BCUT2D eigenvalue weighted by atomic mass is 9.89. The van der Waals surface area contributed by atoms with Crippen molar-refractivity contribution in [2.45, 2.75) is 37.8 Å². The average Bonchev–Trinajstić information content (AvgIpc) is 3.33. The van der Waals surface area contributed by atoms with Crippen molar-refractivity contribution in [1.82, 2.24) is 9.96 Å². The molecule has 2 saturated heterocycles. The molecule has 0 bridgehead atoms. The fraction of sp³-hybridized carbons (Fsp3) is 0.480. The van der Waals surface area contributed by atoms with Crippen molar-refractivity contribution in [2.24, 2.45) is 0 Å². The fourth-order valence-electron chi connectivity index (χ4n) is 4.28. The van der Waals surface area contributed by atoms with Gasteiger partial charge in [-0.05, 0) is 61.5 Å². The summed E-state index contributed by atoms with van der Waals surface area (Å²) in [7, 11) is 0. The van der Waals surface area contributed by atoms with Crippen LogP contribution in [0.3, 0.4) is 0 Å². The minimum absolute atomic E-state index is 0.250. The number of aliphatic hydroxyl groups excluding tert-OH is 1. The van der Waals surface area contributed by atoms with Gasteiger partial charge in [0.1, 0.15) is 18.5 Å². The number of carbonyl (C=O) groups is 1. The third kappa shape index (κ3) is 7.91. The molecule has 2 N–H and O–H groups in total. The van der Waals surface area contributed by atoms with Crippen molar-refractivity contribution >= 4 is 6.47 Å². The molecule has 2 aromatic rings. The van der Waals surface area contributed by atoms with Crippen LogP contribution >= 0.6 is 0 Å². The molecule has 4 rings (SSSR count). The van der Waals surface area contributed by atoms with Crippen LogP contribution in [0.25, 0.3) is 0 Å². The van der Waals surface area contributed by atoms with Gasteiger partial charge >= 0.3 is 0 Å². The second kappa shape index (κ2) is 13.2. The SMILES string of the molecule is O=CO.OC(COc1cccc(CN2CCCO2)c1)CN1CCC(c2ccccc2)CC1. The number of piperidine rings is 1. The number of hydrogen-bond acceptors (Lipinski definition) is 6. The van der Waals surface area contributed by atoms with Crippen LogP contribution in [-0.4, -0.2) is 72.1 Å². The van der Waals surface area contributed by atoms with Crippen LogP contribution in [-0.2, 0) is 16.2 Å². The zero-order valence-electron chi connectivity index (χ0n) is 18.5. The van der Waals surface area contributed by atoms with Crippen molar-refractivity contribution in [3.05, 3.63) is 65.7 Å². The topological polar surface area (TPSA) is 82.5 Å². The number of ether oxygens (including phenoxy) is 1. The summed E-state index contributed by atoms with van der Waals surface area (Å²) in [6, 6.07) is 18.9. The van der Waals surface area contributed by atoms with Crippen molar-refractivity contribution in [3.8, 4) is 5.75 Å². The number of rotatable bonds is 8. The second-order valence-electron chi connectivity index (χ2n) is 8.25. The molecule has 7 heteroatoms. The summed E-state index contributed by atoms with van der Waals surface area (Å²) in [5.41, 5.74) is 2.61. The Hall–Kier alpha value is -2.45. The van der Waals surface area contributed by atoms with Gasteiger partial charge in [-0.1, -0.05) is 42.5 Å². The van der Waals surface area contributed by atoms with E-state index < -0.39 is 6.10 Å². The summed E-state index contributed by atoms with van der Waals surface area (Å²) in [6.07, 6.45) is 2.91. The number of aliphatic hydroxyl groups is 1. The van der Waals surface area contributed by atoms with Crippen LogP contribution < -0.4 is 4.74 Å². The molecule has 2 aliphatic heterocycles. The Kier molecular flexibility index (Phi) is 9.97. The lowest BCUT2D eigenvalue weighted by Crippen LogP contribution is -2.40. The van der Waals surface area contributed by atoms with Gasteiger partial charge in [-0.25, -0.2) is 0 Å². The van der Waals surface area contributed by atoms with Crippen molar-refractivity contribution in [3.63, 3.8) is 0 Å². The summed E-state index contributed by atoms with van der Waals surface area (Å²) < 4.78 is 5.87. The highest BCUT2D eigenvalue weighted by atomic mass is 16.7. The molecule has 1 unspecified atom stereocenters. The van der Waals surface area contributed by atoms with E-state index in [1.54, 1.807) is 0 Å². The monoisotopic (exact) mass is 442 g/mol. The van der Waals surface area contributed by atoms with Gasteiger partial charge in [-0.3, -0.25) is 9.63 Å². The molecular weight excluding hydrogens is 408 g/mol. The molecule has 7 nitrogen and oxygen atoms in total. The Labute approximate surface area is 190 Å². The van der Waals surface area contributed by atoms with E-state index in [0.717, 1.165) is 57.8 Å². The standard InChI is InChI=1S/C24H32N2O3.CH2O2/c27-23(18-25-13-10-22(11-14-25)21-7-2-1-3-8-21)19-28-24-9-4-6-20(16-24)17-26-12-5-15-29-26;2-1-3/h1-4,6-9,16,22-23,27H,5,10-15,17-19H2;1H,(H,2,3). The summed E-state index contributed by atoms with van der Waals surface area (Å²) in [5, 5.41) is 19.3. The van der Waals surface area contributed by atoms with Crippen LogP contribution in [0.2, 0.25) is 0 Å². The molecule has 2 heterocycles. The molecule has 2 aromatic carbocycles. The molecule has 32 heavy (non-hydrogen) atoms. The number of hydrogen-bond donors (Lipinski definition) is 2. The van der Waals surface area contributed by atoms with Crippen LogP contribution in [0.4, 0.5) is 0 Å². The van der Waals surface area contributed by atoms with Gasteiger partial charge in [0.2, 0.25) is 0 Å². The van der Waals surface area contributed by atoms with Gasteiger partial charge in [0.05, 0.1) is 6.61 Å². The lowest BCUT2D eigenvalue weighted by Gasteiger charge is -2.33. The molecule has 2 aliphatic rings. The predicted molar refractivity (Wildman–Crippen MR) is 122 cm³/mol. The summed E-state index contributed by atoms with van der Waals surface area (Å²) >= 11 is 0. The van der Waals surface area contributed by atoms with E-state index in [0.29, 0.717) is 19.1 Å². The highest BCUT2D eigenvalue weighted by Gasteiger charge is 2.22. The van der Waals surface area contributed by atoms with Crippen LogP contribution in [0.5, 0.6) is 5.75 Å². The van der Waals surface area contributed by atoms with Gasteiger partial charge < -0.3 is 19.8 Å². The highest BCUT2D eigenvalue weighted by Crippen LogP contribution is 2.27. The van der Waals surface area contributed by atoms with E-state index in [4.69, 9.17) is 19.5 Å². The largest absolute Gasteiger partial charge is 0.491 e. The number of benzene rings is 2. The number of carboxylic acid groups (broad SMARTS) is 1. The normalized spacial score (nSPS) is 18.5. The van der Waals surface area contributed by atoms with E-state index >= 15 is 0 Å². The Morgan fingerprint density at radius 2 is 1.84 bits per heavy atom. The lowest BCUT2D eigenvalue weighted by molar-refractivity contribution is -0.122. The van der Waals surface area contributed by atoms with E-state index in [1.807, 2.05) is 23.3 Å². The smallest absolute Gasteiger partial charge is 0.290 e. The molecule has 2 fully saturated rings. The minimum Gasteiger partial charge on any atom is -0.491 e. The molecule has 0 radical (unpaired) electrons. The number of likely N-dealkylation sites (tertiary alicyclic amines) is 1. The summed E-state index contributed by atoms with van der Waals surface area (Å²) in [5.74, 6) is 1.45. The van der Waals surface area contributed by atoms with Crippen molar-refractivity contribution in [1.29, 1.82) is 0 Å². The fourth-order valence-corrected chi connectivity index (χ4v) is 4.28. The molecule has 1 atom stereocenters. The van der Waals surface area contributed by atoms with Gasteiger partial charge in [0, 0.05) is 19.6 Å². The number of hydroxylamine groups is 2. The van der Waals surface area contributed by atoms with Crippen molar-refractivity contribution < 1.29 is 24.6 Å². The number of nitrogens with zero attached hydrogens (tertiary/aromatic N) is 2. The molecule has 174 valence electrons. The van der Waals surface area contributed by atoms with Crippen LogP contribution in [0, 0.1) is 0 Å². The molecule has 0 aromatic heterocycles. The Balaban J connectivity index is 0.000000913. The second-order valence-corrected chi connectivity index (χ2v) is 8.25. The summed E-state index contributed by atoms with van der Waals surface area (Å²) in [4.78, 5) is 16.3. The third-order valence-electron chi connectivity index (χ3n) is 5.85. The summed E-state index contributed by atoms with van der Waals surface area (Å²) in [6.45, 7) is 5.36. The van der Waals surface area contributed by atoms with Crippen LogP contribution in [0.1, 0.15) is 36.3 Å². The Morgan fingerprint density at radius 3 is 2.53 bits per heavy atom. The quantitative estimate of drug-likeness (QED) is 0.608. The van der Waals surface area contributed by atoms with E-state index in [9.17, 15) is 5.11 Å². The predicted octanol–water partition coefficient (Wildman–Crippen LogP) is 3.14. The highest BCUT2D eigenvalue weighted by molar-refractivity contribution is 5.32. The molecule has 0 amide bonds. The maximum absolute atomic E-state index is 10.4. The maximum Gasteiger partial charge on any atom is 0.290 e. The first-order valence-corrected chi connectivity index (χ1v) is 11.3. The number of β-amino-alcohol motifs (C(OH)–C–C–N with tert-alkyl or cyclic N) is 1. The van der Waals surface area contributed by atoms with Crippen molar-refractivity contribution in [2.75, 3.05) is 39.4 Å². The minimum atomic E-state index is -0.478.